The molecule has 2 atom stereocenters. The van der Waals surface area contributed by atoms with E-state index in [0.29, 0.717) is 6.42 Å². The van der Waals surface area contributed by atoms with Gasteiger partial charge in [-0.2, -0.15) is 0 Å². The number of nitrogens with zero attached hydrogens (tertiary/aromatic N) is 1. The molecule has 1 aromatic carbocycles. The van der Waals surface area contributed by atoms with Gasteiger partial charge in [0.05, 0.1) is 13.7 Å². The van der Waals surface area contributed by atoms with Gasteiger partial charge in [0.2, 0.25) is 5.91 Å². The SMILES string of the molecule is COC(=O)[C@@H]1Cc2c([nH]c3ccccc23)CN1C(=O)C(C)NC(=O)OC(C)(C)C. The van der Waals surface area contributed by atoms with Crippen LogP contribution in [-0.2, 0) is 32.0 Å². The fourth-order valence-electron chi connectivity index (χ4n) is 3.58. The Bertz CT molecular complexity index is 943. The molecule has 1 aliphatic rings. The Kier molecular flexibility index (Phi) is 5.55. The average molecular weight is 401 g/mol. The van der Waals surface area contributed by atoms with Gasteiger partial charge in [0, 0.05) is 23.0 Å². The molecule has 0 fully saturated rings. The molecular formula is C21H27N3O5. The number of alkyl carbamates (subject to hydrolysis) is 1. The van der Waals surface area contributed by atoms with E-state index < -0.39 is 29.7 Å². The van der Waals surface area contributed by atoms with Crippen LogP contribution in [0, 0.1) is 0 Å². The van der Waals surface area contributed by atoms with Crippen molar-refractivity contribution in [3.63, 3.8) is 0 Å². The van der Waals surface area contributed by atoms with Crippen molar-refractivity contribution >= 4 is 28.9 Å². The number of aromatic amines is 1. The van der Waals surface area contributed by atoms with Gasteiger partial charge in [-0.3, -0.25) is 4.79 Å². The molecule has 0 radical (unpaired) electrons. The number of fused-ring (bicyclic) bond motifs is 3. The quantitative estimate of drug-likeness (QED) is 0.770. The number of carbonyl (C=O) groups is 3. The molecule has 1 aromatic heterocycles. The lowest BCUT2D eigenvalue weighted by atomic mass is 9.96. The van der Waals surface area contributed by atoms with Gasteiger partial charge in [0.25, 0.3) is 0 Å². The molecule has 2 aromatic rings. The normalized spacial score (nSPS) is 17.4. The highest BCUT2D eigenvalue weighted by atomic mass is 16.6. The van der Waals surface area contributed by atoms with Crippen molar-refractivity contribution < 1.29 is 23.9 Å². The third kappa shape index (κ3) is 4.36. The first-order valence-electron chi connectivity index (χ1n) is 9.57. The highest BCUT2D eigenvalue weighted by molar-refractivity contribution is 5.92. The van der Waals surface area contributed by atoms with Gasteiger partial charge in [-0.05, 0) is 39.3 Å². The van der Waals surface area contributed by atoms with Crippen LogP contribution in [0.25, 0.3) is 10.9 Å². The van der Waals surface area contributed by atoms with Crippen molar-refractivity contribution in [1.29, 1.82) is 0 Å². The Balaban J connectivity index is 1.85. The molecule has 1 unspecified atom stereocenters. The Morgan fingerprint density at radius 2 is 1.93 bits per heavy atom. The van der Waals surface area contributed by atoms with Gasteiger partial charge in [0.15, 0.2) is 0 Å². The van der Waals surface area contributed by atoms with Crippen LogP contribution in [0.4, 0.5) is 4.79 Å². The molecule has 0 saturated carbocycles. The van der Waals surface area contributed by atoms with Gasteiger partial charge < -0.3 is 24.7 Å². The first kappa shape index (κ1) is 20.7. The van der Waals surface area contributed by atoms with E-state index in [2.05, 4.69) is 10.3 Å². The van der Waals surface area contributed by atoms with Crippen LogP contribution in [0.3, 0.4) is 0 Å². The number of methoxy groups -OCH3 is 1. The number of carbonyl (C=O) groups excluding carboxylic acids is 3. The smallest absolute Gasteiger partial charge is 0.408 e. The molecule has 156 valence electrons. The zero-order chi connectivity index (χ0) is 21.3. The Morgan fingerprint density at radius 3 is 2.59 bits per heavy atom. The van der Waals surface area contributed by atoms with Gasteiger partial charge in [0.1, 0.15) is 17.7 Å². The molecule has 8 heteroatoms. The summed E-state index contributed by atoms with van der Waals surface area (Å²) in [6.45, 7) is 7.03. The predicted octanol–water partition coefficient (Wildman–Crippen LogP) is 2.51. The average Bonchev–Trinajstić information content (AvgIpc) is 3.01. The number of H-pyrrole nitrogens is 1. The van der Waals surface area contributed by atoms with Crippen LogP contribution in [0.2, 0.25) is 0 Å². The molecule has 1 aliphatic heterocycles. The monoisotopic (exact) mass is 401 g/mol. The standard InChI is InChI=1S/C21H27N3O5/c1-12(22-20(27)29-21(2,3)4)18(25)24-11-16-14(10-17(24)19(26)28-5)13-8-6-7-9-15(13)23-16/h6-9,12,17,23H,10-11H2,1-5H3,(H,22,27)/t12?,17-/m0/s1. The minimum atomic E-state index is -0.858. The number of ether oxygens (including phenoxy) is 2. The molecule has 29 heavy (non-hydrogen) atoms. The Labute approximate surface area is 169 Å². The predicted molar refractivity (Wildman–Crippen MR) is 107 cm³/mol. The molecule has 0 spiro atoms. The summed E-state index contributed by atoms with van der Waals surface area (Å²) in [5.74, 6) is -0.866. The lowest BCUT2D eigenvalue weighted by Gasteiger charge is -2.35. The van der Waals surface area contributed by atoms with Gasteiger partial charge in [-0.15, -0.1) is 0 Å². The third-order valence-electron chi connectivity index (χ3n) is 4.86. The lowest BCUT2D eigenvalue weighted by molar-refractivity contribution is -0.154. The van der Waals surface area contributed by atoms with Crippen LogP contribution >= 0.6 is 0 Å². The van der Waals surface area contributed by atoms with Crippen molar-refractivity contribution in [2.75, 3.05) is 7.11 Å². The summed E-state index contributed by atoms with van der Waals surface area (Å²) in [6.07, 6.45) is -0.340. The minimum absolute atomic E-state index is 0.225. The number of benzene rings is 1. The third-order valence-corrected chi connectivity index (χ3v) is 4.86. The van der Waals surface area contributed by atoms with Crippen LogP contribution in [0.15, 0.2) is 24.3 Å². The van der Waals surface area contributed by atoms with E-state index in [1.54, 1.807) is 27.7 Å². The lowest BCUT2D eigenvalue weighted by Crippen LogP contribution is -2.55. The largest absolute Gasteiger partial charge is 0.467 e. The summed E-state index contributed by atoms with van der Waals surface area (Å²) in [6, 6.07) is 6.19. The highest BCUT2D eigenvalue weighted by Crippen LogP contribution is 2.31. The number of aromatic nitrogens is 1. The number of nitrogens with one attached hydrogen (secondary N) is 2. The summed E-state index contributed by atoms with van der Waals surface area (Å²) in [5, 5.41) is 3.58. The van der Waals surface area contributed by atoms with Gasteiger partial charge >= 0.3 is 12.1 Å². The van der Waals surface area contributed by atoms with Crippen molar-refractivity contribution in [2.24, 2.45) is 0 Å². The molecule has 8 nitrogen and oxygen atoms in total. The first-order valence-corrected chi connectivity index (χ1v) is 9.57. The van der Waals surface area contributed by atoms with Crippen molar-refractivity contribution in [1.82, 2.24) is 15.2 Å². The molecule has 0 bridgehead atoms. The molecule has 2 heterocycles. The summed E-state index contributed by atoms with van der Waals surface area (Å²) < 4.78 is 10.2. The second-order valence-corrected chi connectivity index (χ2v) is 8.20. The summed E-state index contributed by atoms with van der Waals surface area (Å²) in [4.78, 5) is 42.4. The second kappa shape index (κ2) is 7.77. The van der Waals surface area contributed by atoms with Crippen molar-refractivity contribution in [3.05, 3.63) is 35.5 Å². The maximum Gasteiger partial charge on any atom is 0.408 e. The van der Waals surface area contributed by atoms with E-state index in [1.165, 1.54) is 12.0 Å². The van der Waals surface area contributed by atoms with E-state index in [-0.39, 0.29) is 12.5 Å². The molecule has 0 aliphatic carbocycles. The summed E-state index contributed by atoms with van der Waals surface area (Å²) in [7, 11) is 1.30. The molecule has 2 amide bonds. The first-order chi connectivity index (χ1) is 13.6. The van der Waals surface area contributed by atoms with E-state index >= 15 is 0 Å². The van der Waals surface area contributed by atoms with Gasteiger partial charge in [-0.25, -0.2) is 9.59 Å². The summed E-state index contributed by atoms with van der Waals surface area (Å²) in [5.41, 5.74) is 2.17. The van der Waals surface area contributed by atoms with E-state index in [4.69, 9.17) is 9.47 Å². The van der Waals surface area contributed by atoms with E-state index in [1.807, 2.05) is 24.3 Å². The maximum atomic E-state index is 13.1. The number of amides is 2. The zero-order valence-electron chi connectivity index (χ0n) is 17.4. The number of rotatable bonds is 3. The van der Waals surface area contributed by atoms with Crippen molar-refractivity contribution in [2.45, 2.75) is 58.3 Å². The molecule has 0 saturated heterocycles. The zero-order valence-corrected chi connectivity index (χ0v) is 17.4. The number of para-hydroxylation sites is 1. The van der Waals surface area contributed by atoms with Gasteiger partial charge in [-0.1, -0.05) is 18.2 Å². The summed E-state index contributed by atoms with van der Waals surface area (Å²) >= 11 is 0. The van der Waals surface area contributed by atoms with E-state index in [9.17, 15) is 14.4 Å². The highest BCUT2D eigenvalue weighted by Gasteiger charge is 2.39. The molecular weight excluding hydrogens is 374 g/mol. The Morgan fingerprint density at radius 1 is 1.24 bits per heavy atom. The van der Waals surface area contributed by atoms with Crippen LogP contribution in [0.5, 0.6) is 0 Å². The molecule has 2 N–H and O–H groups in total. The number of esters is 1. The minimum Gasteiger partial charge on any atom is -0.467 e. The van der Waals surface area contributed by atoms with Crippen LogP contribution in [0.1, 0.15) is 39.0 Å². The van der Waals surface area contributed by atoms with Crippen molar-refractivity contribution in [3.8, 4) is 0 Å². The molecule has 3 rings (SSSR count). The Hall–Kier alpha value is -3.03. The second-order valence-electron chi connectivity index (χ2n) is 8.20. The van der Waals surface area contributed by atoms with Crippen LogP contribution < -0.4 is 5.32 Å². The fraction of sp³-hybridized carbons (Fsp3) is 0.476. The maximum absolute atomic E-state index is 13.1. The fourth-order valence-corrected chi connectivity index (χ4v) is 3.58. The topological polar surface area (TPSA) is 101 Å². The number of hydrogen-bond acceptors (Lipinski definition) is 5. The van der Waals surface area contributed by atoms with Crippen LogP contribution in [-0.4, -0.2) is 52.6 Å². The number of hydrogen-bond donors (Lipinski definition) is 2. The van der Waals surface area contributed by atoms with E-state index in [0.717, 1.165) is 22.2 Å².